The first-order chi connectivity index (χ1) is 11.6. The lowest BCUT2D eigenvalue weighted by Crippen LogP contribution is -2.14. The minimum absolute atomic E-state index is 0.0541. The number of ether oxygens (including phenoxy) is 1. The summed E-state index contributed by atoms with van der Waals surface area (Å²) in [6.45, 7) is 0. The first kappa shape index (κ1) is 16.0. The molecule has 0 radical (unpaired) electrons. The highest BCUT2D eigenvalue weighted by Crippen LogP contribution is 2.21. The maximum atomic E-state index is 12.0. The molecule has 0 aliphatic carbocycles. The Morgan fingerprint density at radius 1 is 1.12 bits per heavy atom. The van der Waals surface area contributed by atoms with E-state index >= 15 is 0 Å². The van der Waals surface area contributed by atoms with Crippen molar-refractivity contribution in [1.82, 2.24) is 10.2 Å². The van der Waals surface area contributed by atoms with E-state index in [1.807, 2.05) is 12.1 Å². The normalized spacial score (nSPS) is 10.4. The summed E-state index contributed by atoms with van der Waals surface area (Å²) in [5.41, 5.74) is 1.58. The molecule has 1 aromatic heterocycles. The van der Waals surface area contributed by atoms with Crippen molar-refractivity contribution in [2.75, 3.05) is 12.4 Å². The van der Waals surface area contributed by atoms with Crippen LogP contribution in [0.4, 0.5) is 6.01 Å². The van der Waals surface area contributed by atoms with Crippen molar-refractivity contribution in [3.05, 3.63) is 59.1 Å². The van der Waals surface area contributed by atoms with Crippen LogP contribution in [0.3, 0.4) is 0 Å². The number of nitrogens with one attached hydrogen (secondary N) is 1. The van der Waals surface area contributed by atoms with Crippen LogP contribution in [0.2, 0.25) is 5.02 Å². The minimum Gasteiger partial charge on any atom is -0.497 e. The fourth-order valence-corrected chi connectivity index (χ4v) is 2.20. The van der Waals surface area contributed by atoms with Gasteiger partial charge in [-0.15, -0.1) is 5.10 Å². The molecule has 0 fully saturated rings. The van der Waals surface area contributed by atoms with Crippen molar-refractivity contribution < 1.29 is 13.9 Å². The van der Waals surface area contributed by atoms with Crippen LogP contribution in [0.15, 0.2) is 52.9 Å². The lowest BCUT2D eigenvalue weighted by Gasteiger charge is -2.03. The summed E-state index contributed by atoms with van der Waals surface area (Å²) in [6.07, 6.45) is 0.197. The highest BCUT2D eigenvalue weighted by Gasteiger charge is 2.12. The average Bonchev–Trinajstić information content (AvgIpc) is 3.04. The maximum Gasteiger partial charge on any atom is 0.322 e. The SMILES string of the molecule is COc1ccc(CC(=O)Nc2nnc(-c3ccc(Cl)cc3)o2)cc1. The Kier molecular flexibility index (Phi) is 4.77. The van der Waals surface area contributed by atoms with Crippen LogP contribution in [0.25, 0.3) is 11.5 Å². The third-order valence-electron chi connectivity index (χ3n) is 3.29. The number of amides is 1. The van der Waals surface area contributed by atoms with Crippen LogP contribution in [0.1, 0.15) is 5.56 Å². The van der Waals surface area contributed by atoms with Gasteiger partial charge in [0.25, 0.3) is 0 Å². The molecule has 1 amide bonds. The Morgan fingerprint density at radius 2 is 1.83 bits per heavy atom. The van der Waals surface area contributed by atoms with Crippen LogP contribution in [-0.2, 0) is 11.2 Å². The van der Waals surface area contributed by atoms with Gasteiger partial charge in [0.2, 0.25) is 11.8 Å². The van der Waals surface area contributed by atoms with Gasteiger partial charge < -0.3 is 9.15 Å². The summed E-state index contributed by atoms with van der Waals surface area (Å²) in [5.74, 6) is 0.807. The summed E-state index contributed by atoms with van der Waals surface area (Å²) in [6, 6.07) is 14.3. The lowest BCUT2D eigenvalue weighted by atomic mass is 10.1. The number of rotatable bonds is 5. The van der Waals surface area contributed by atoms with E-state index in [2.05, 4.69) is 15.5 Å². The van der Waals surface area contributed by atoms with Crippen LogP contribution < -0.4 is 10.1 Å². The third kappa shape index (κ3) is 3.91. The molecule has 7 heteroatoms. The number of methoxy groups -OCH3 is 1. The van der Waals surface area contributed by atoms with E-state index < -0.39 is 0 Å². The van der Waals surface area contributed by atoms with Gasteiger partial charge in [0.1, 0.15) is 5.75 Å². The molecular formula is C17H14ClN3O3. The van der Waals surface area contributed by atoms with Crippen molar-refractivity contribution in [1.29, 1.82) is 0 Å². The molecule has 3 rings (SSSR count). The Labute approximate surface area is 143 Å². The quantitative estimate of drug-likeness (QED) is 0.766. The third-order valence-corrected chi connectivity index (χ3v) is 3.54. The number of aromatic nitrogens is 2. The van der Waals surface area contributed by atoms with Crippen LogP contribution in [-0.4, -0.2) is 23.2 Å². The summed E-state index contributed by atoms with van der Waals surface area (Å²) in [7, 11) is 1.59. The number of nitrogens with zero attached hydrogens (tertiary/aromatic N) is 2. The minimum atomic E-state index is -0.244. The molecule has 122 valence electrons. The van der Waals surface area contributed by atoms with E-state index in [0.717, 1.165) is 16.9 Å². The standard InChI is InChI=1S/C17H14ClN3O3/c1-23-14-8-2-11(3-9-14)10-15(22)19-17-21-20-16(24-17)12-4-6-13(18)7-5-12/h2-9H,10H2,1H3,(H,19,21,22). The predicted molar refractivity (Wildman–Crippen MR) is 90.1 cm³/mol. The molecule has 24 heavy (non-hydrogen) atoms. The molecule has 1 N–H and O–H groups in total. The maximum absolute atomic E-state index is 12.0. The first-order valence-corrected chi connectivity index (χ1v) is 7.54. The molecule has 0 aliphatic heterocycles. The van der Waals surface area contributed by atoms with Crippen LogP contribution >= 0.6 is 11.6 Å². The second-order valence-electron chi connectivity index (χ2n) is 4.99. The van der Waals surface area contributed by atoms with E-state index in [-0.39, 0.29) is 18.3 Å². The second-order valence-corrected chi connectivity index (χ2v) is 5.43. The van der Waals surface area contributed by atoms with E-state index in [1.165, 1.54) is 0 Å². The average molecular weight is 344 g/mol. The zero-order valence-electron chi connectivity index (χ0n) is 12.8. The van der Waals surface area contributed by atoms with E-state index in [9.17, 15) is 4.79 Å². The molecule has 0 spiro atoms. The lowest BCUT2D eigenvalue weighted by molar-refractivity contribution is -0.115. The van der Waals surface area contributed by atoms with Gasteiger partial charge in [-0.1, -0.05) is 28.8 Å². The number of hydrogen-bond donors (Lipinski definition) is 1. The molecule has 0 aliphatic rings. The molecule has 1 heterocycles. The van der Waals surface area contributed by atoms with Gasteiger partial charge in [-0.2, -0.15) is 0 Å². The molecule has 0 atom stereocenters. The Morgan fingerprint density at radius 3 is 2.50 bits per heavy atom. The number of benzene rings is 2. The van der Waals surface area contributed by atoms with Crippen molar-refractivity contribution in [3.8, 4) is 17.2 Å². The summed E-state index contributed by atoms with van der Waals surface area (Å²) in [5, 5.41) is 10.9. The topological polar surface area (TPSA) is 77.2 Å². The van der Waals surface area contributed by atoms with E-state index in [1.54, 1.807) is 43.5 Å². The Balaban J connectivity index is 1.63. The Bertz CT molecular complexity index is 829. The van der Waals surface area contributed by atoms with E-state index in [4.69, 9.17) is 20.8 Å². The first-order valence-electron chi connectivity index (χ1n) is 7.16. The van der Waals surface area contributed by atoms with Crippen molar-refractivity contribution in [2.24, 2.45) is 0 Å². The fourth-order valence-electron chi connectivity index (χ4n) is 2.08. The number of halogens is 1. The van der Waals surface area contributed by atoms with Gasteiger partial charge in [-0.25, -0.2) is 0 Å². The molecule has 6 nitrogen and oxygen atoms in total. The van der Waals surface area contributed by atoms with Gasteiger partial charge in [0, 0.05) is 10.6 Å². The monoisotopic (exact) mass is 343 g/mol. The molecule has 0 bridgehead atoms. The van der Waals surface area contributed by atoms with Gasteiger partial charge >= 0.3 is 6.01 Å². The van der Waals surface area contributed by atoms with E-state index in [0.29, 0.717) is 10.9 Å². The van der Waals surface area contributed by atoms with Gasteiger partial charge in [0.15, 0.2) is 0 Å². The predicted octanol–water partition coefficient (Wildman–Crippen LogP) is 3.58. The van der Waals surface area contributed by atoms with Crippen LogP contribution in [0.5, 0.6) is 5.75 Å². The molecule has 0 saturated carbocycles. The smallest absolute Gasteiger partial charge is 0.322 e. The van der Waals surface area contributed by atoms with Gasteiger partial charge in [-0.3, -0.25) is 10.1 Å². The number of anilines is 1. The molecular weight excluding hydrogens is 330 g/mol. The Hall–Kier alpha value is -2.86. The molecule has 2 aromatic carbocycles. The zero-order chi connectivity index (χ0) is 16.9. The highest BCUT2D eigenvalue weighted by atomic mass is 35.5. The van der Waals surface area contributed by atoms with Crippen LogP contribution in [0, 0.1) is 0 Å². The van der Waals surface area contributed by atoms with Gasteiger partial charge in [-0.05, 0) is 42.0 Å². The zero-order valence-corrected chi connectivity index (χ0v) is 13.6. The number of hydrogen-bond acceptors (Lipinski definition) is 5. The molecule has 3 aromatic rings. The molecule has 0 unspecified atom stereocenters. The fraction of sp³-hybridized carbons (Fsp3) is 0.118. The largest absolute Gasteiger partial charge is 0.497 e. The summed E-state index contributed by atoms with van der Waals surface area (Å²) >= 11 is 5.84. The second kappa shape index (κ2) is 7.14. The van der Waals surface area contributed by atoms with Crippen molar-refractivity contribution >= 4 is 23.5 Å². The number of carbonyl (C=O) groups excluding carboxylic acids is 1. The summed E-state index contributed by atoms with van der Waals surface area (Å²) in [4.78, 5) is 12.0. The van der Waals surface area contributed by atoms with Crippen molar-refractivity contribution in [3.63, 3.8) is 0 Å². The number of carbonyl (C=O) groups is 1. The van der Waals surface area contributed by atoms with Gasteiger partial charge in [0.05, 0.1) is 13.5 Å². The summed E-state index contributed by atoms with van der Waals surface area (Å²) < 4.78 is 10.5. The molecule has 0 saturated heterocycles. The highest BCUT2D eigenvalue weighted by molar-refractivity contribution is 6.30. The van der Waals surface area contributed by atoms with Crippen molar-refractivity contribution in [2.45, 2.75) is 6.42 Å².